The lowest BCUT2D eigenvalue weighted by molar-refractivity contribution is -0.0500. The zero-order valence-corrected chi connectivity index (χ0v) is 16.3. The second-order valence-corrected chi connectivity index (χ2v) is 8.86. The first-order valence-electron chi connectivity index (χ1n) is 9.27. The highest BCUT2D eigenvalue weighted by atomic mass is 32.2. The smallest absolute Gasteiger partial charge is 0.456 e. The fraction of sp³-hybridized carbons (Fsp3) is 0.0435. The van der Waals surface area contributed by atoms with Gasteiger partial charge in [0.05, 0.1) is 0 Å². The zero-order chi connectivity index (χ0) is 21.5. The van der Waals surface area contributed by atoms with Gasteiger partial charge in [-0.2, -0.15) is 21.6 Å². The molecular weight excluding hydrogens is 429 g/mol. The van der Waals surface area contributed by atoms with Crippen LogP contribution in [0.2, 0.25) is 0 Å². The van der Waals surface area contributed by atoms with Crippen molar-refractivity contribution in [1.29, 1.82) is 0 Å². The molecule has 6 aromatic rings. The largest absolute Gasteiger partial charge is 0.534 e. The molecular formula is C23H11F3O4S. The molecule has 0 aliphatic carbocycles. The van der Waals surface area contributed by atoms with E-state index >= 15 is 0 Å². The lowest BCUT2D eigenvalue weighted by Gasteiger charge is -2.13. The highest BCUT2D eigenvalue weighted by Gasteiger charge is 2.48. The number of furan rings is 1. The van der Waals surface area contributed by atoms with Gasteiger partial charge in [0.1, 0.15) is 16.9 Å². The molecule has 5 aromatic carbocycles. The van der Waals surface area contributed by atoms with E-state index in [4.69, 9.17) is 4.42 Å². The molecule has 0 unspecified atom stereocenters. The molecule has 0 spiro atoms. The van der Waals surface area contributed by atoms with Crippen LogP contribution in [-0.2, 0) is 10.1 Å². The standard InChI is InChI=1S/C23H11F3O4S/c24-23(25,26)31(27,28)30-13-9-8-12-10-19-22-20(17(12)11-13)15-5-2-1-4-14(15)16-6-3-7-18(29-19)21(16)22/h1-11H. The molecule has 0 bridgehead atoms. The van der Waals surface area contributed by atoms with Crippen molar-refractivity contribution < 1.29 is 30.2 Å². The van der Waals surface area contributed by atoms with E-state index in [1.807, 2.05) is 42.5 Å². The van der Waals surface area contributed by atoms with Crippen LogP contribution < -0.4 is 4.18 Å². The van der Waals surface area contributed by atoms with Gasteiger partial charge >= 0.3 is 15.6 Å². The number of halogens is 3. The quantitative estimate of drug-likeness (QED) is 0.171. The van der Waals surface area contributed by atoms with Crippen molar-refractivity contribution in [3.8, 4) is 5.75 Å². The van der Waals surface area contributed by atoms with Crippen molar-refractivity contribution in [1.82, 2.24) is 0 Å². The van der Waals surface area contributed by atoms with Gasteiger partial charge in [-0.1, -0.05) is 42.5 Å². The van der Waals surface area contributed by atoms with Crippen LogP contribution in [0.4, 0.5) is 13.2 Å². The lowest BCUT2D eigenvalue weighted by Crippen LogP contribution is -2.28. The van der Waals surface area contributed by atoms with Crippen LogP contribution in [0.3, 0.4) is 0 Å². The van der Waals surface area contributed by atoms with E-state index < -0.39 is 21.4 Å². The molecule has 0 saturated heterocycles. The monoisotopic (exact) mass is 440 g/mol. The summed E-state index contributed by atoms with van der Waals surface area (Å²) >= 11 is 0. The predicted molar refractivity (Wildman–Crippen MR) is 113 cm³/mol. The van der Waals surface area contributed by atoms with Crippen molar-refractivity contribution in [3.05, 3.63) is 66.7 Å². The minimum atomic E-state index is -5.77. The number of rotatable bonds is 2. The van der Waals surface area contributed by atoms with Crippen LogP contribution >= 0.6 is 0 Å². The molecule has 0 aliphatic rings. The number of hydrogen-bond donors (Lipinski definition) is 0. The van der Waals surface area contributed by atoms with E-state index in [1.165, 1.54) is 18.2 Å². The molecule has 4 nitrogen and oxygen atoms in total. The van der Waals surface area contributed by atoms with Crippen molar-refractivity contribution in [2.45, 2.75) is 5.51 Å². The van der Waals surface area contributed by atoms with Gasteiger partial charge < -0.3 is 8.60 Å². The molecule has 0 atom stereocenters. The average Bonchev–Trinajstić information content (AvgIpc) is 3.09. The van der Waals surface area contributed by atoms with Crippen molar-refractivity contribution in [2.24, 2.45) is 0 Å². The number of fused-ring (bicyclic) bond motifs is 5. The fourth-order valence-electron chi connectivity index (χ4n) is 4.34. The molecule has 6 rings (SSSR count). The van der Waals surface area contributed by atoms with Gasteiger partial charge in [0.2, 0.25) is 0 Å². The highest BCUT2D eigenvalue weighted by molar-refractivity contribution is 7.88. The first-order valence-corrected chi connectivity index (χ1v) is 10.7. The Morgan fingerprint density at radius 3 is 2.19 bits per heavy atom. The predicted octanol–water partition coefficient (Wildman–Crippen LogP) is 6.71. The first kappa shape index (κ1) is 18.3. The Morgan fingerprint density at radius 2 is 1.42 bits per heavy atom. The summed E-state index contributed by atoms with van der Waals surface area (Å²) in [4.78, 5) is 0. The summed E-state index contributed by atoms with van der Waals surface area (Å²) in [6.07, 6.45) is 0. The van der Waals surface area contributed by atoms with Gasteiger partial charge in [-0.15, -0.1) is 0 Å². The summed E-state index contributed by atoms with van der Waals surface area (Å²) in [5.74, 6) is -0.406. The Morgan fingerprint density at radius 1 is 0.710 bits per heavy atom. The SMILES string of the molecule is O=S(=O)(Oc1ccc2cc3oc4cccc5c6ccccc6c(c2c1)c3c45)C(F)(F)F. The van der Waals surface area contributed by atoms with Gasteiger partial charge in [-0.3, -0.25) is 0 Å². The number of hydrogen-bond acceptors (Lipinski definition) is 4. The molecule has 8 heteroatoms. The minimum absolute atomic E-state index is 0.406. The Labute approximate surface area is 172 Å². The van der Waals surface area contributed by atoms with Gasteiger partial charge in [0.25, 0.3) is 0 Å². The molecule has 0 radical (unpaired) electrons. The first-order chi connectivity index (χ1) is 14.7. The molecule has 0 aliphatic heterocycles. The molecule has 154 valence electrons. The van der Waals surface area contributed by atoms with E-state index in [0.717, 1.165) is 32.3 Å². The Hall–Kier alpha value is -3.52. The van der Waals surface area contributed by atoms with E-state index in [9.17, 15) is 21.6 Å². The van der Waals surface area contributed by atoms with Gasteiger partial charge in [0.15, 0.2) is 0 Å². The van der Waals surface area contributed by atoms with Crippen LogP contribution in [0.15, 0.2) is 71.1 Å². The van der Waals surface area contributed by atoms with E-state index in [-0.39, 0.29) is 0 Å². The summed E-state index contributed by atoms with van der Waals surface area (Å²) in [7, 11) is -5.77. The number of alkyl halides is 3. The van der Waals surface area contributed by atoms with E-state index in [1.54, 1.807) is 6.07 Å². The second-order valence-electron chi connectivity index (χ2n) is 7.32. The lowest BCUT2D eigenvalue weighted by atomic mass is 9.91. The van der Waals surface area contributed by atoms with Crippen molar-refractivity contribution in [3.63, 3.8) is 0 Å². The van der Waals surface area contributed by atoms with Gasteiger partial charge in [0, 0.05) is 16.2 Å². The fourth-order valence-corrected chi connectivity index (χ4v) is 4.79. The summed E-state index contributed by atoms with van der Waals surface area (Å²) in [5.41, 5.74) is -4.16. The Balaban J connectivity index is 1.78. The van der Waals surface area contributed by atoms with Crippen LogP contribution in [0.5, 0.6) is 5.75 Å². The maximum Gasteiger partial charge on any atom is 0.534 e. The zero-order valence-electron chi connectivity index (χ0n) is 15.5. The van der Waals surface area contributed by atoms with Crippen LogP contribution in [0.25, 0.3) is 54.3 Å². The molecule has 31 heavy (non-hydrogen) atoms. The van der Waals surface area contributed by atoms with E-state index in [0.29, 0.717) is 21.9 Å². The third kappa shape index (κ3) is 2.45. The third-order valence-electron chi connectivity index (χ3n) is 5.55. The maximum absolute atomic E-state index is 12.8. The Kier molecular flexibility index (Phi) is 3.41. The Bertz CT molecular complexity index is 1770. The van der Waals surface area contributed by atoms with Crippen LogP contribution in [-0.4, -0.2) is 13.9 Å². The third-order valence-corrected chi connectivity index (χ3v) is 6.53. The summed E-state index contributed by atoms with van der Waals surface area (Å²) in [6.45, 7) is 0. The summed E-state index contributed by atoms with van der Waals surface area (Å²) < 4.78 is 71.9. The summed E-state index contributed by atoms with van der Waals surface area (Å²) in [6, 6.07) is 19.3. The second kappa shape index (κ2) is 5.79. The molecule has 0 N–H and O–H groups in total. The average molecular weight is 440 g/mol. The molecule has 1 aromatic heterocycles. The number of benzene rings is 5. The minimum Gasteiger partial charge on any atom is -0.456 e. The molecule has 1 heterocycles. The summed E-state index contributed by atoms with van der Waals surface area (Å²) in [5, 5.41) is 6.65. The topological polar surface area (TPSA) is 56.5 Å². The normalized spacial score (nSPS) is 13.3. The van der Waals surface area contributed by atoms with Gasteiger partial charge in [-0.25, -0.2) is 0 Å². The van der Waals surface area contributed by atoms with Gasteiger partial charge in [-0.05, 0) is 51.2 Å². The van der Waals surface area contributed by atoms with Crippen molar-refractivity contribution in [2.75, 3.05) is 0 Å². The molecule has 0 amide bonds. The molecule has 0 fully saturated rings. The van der Waals surface area contributed by atoms with Crippen LogP contribution in [0.1, 0.15) is 0 Å². The highest BCUT2D eigenvalue weighted by Crippen LogP contribution is 2.46. The van der Waals surface area contributed by atoms with E-state index in [2.05, 4.69) is 4.18 Å². The molecule has 0 saturated carbocycles. The van der Waals surface area contributed by atoms with Crippen molar-refractivity contribution >= 4 is 64.4 Å². The maximum atomic E-state index is 12.8. The van der Waals surface area contributed by atoms with Crippen LogP contribution in [0, 0.1) is 0 Å².